The maximum Gasteiger partial charge on any atom is 0.231 e. The van der Waals surface area contributed by atoms with Crippen molar-refractivity contribution >= 4 is 22.9 Å². The van der Waals surface area contributed by atoms with E-state index in [9.17, 15) is 15.3 Å². The summed E-state index contributed by atoms with van der Waals surface area (Å²) in [5.74, 6) is 1.05. The first-order chi connectivity index (χ1) is 19.0. The average molecular weight is 537 g/mol. The lowest BCUT2D eigenvalue weighted by molar-refractivity contribution is -0.0384. The lowest BCUT2D eigenvalue weighted by Gasteiger charge is -2.22. The van der Waals surface area contributed by atoms with Crippen LogP contribution in [0.1, 0.15) is 49.4 Å². The lowest BCUT2D eigenvalue weighted by Crippen LogP contribution is -2.30. The number of hydrogen-bond donors (Lipinski definition) is 4. The molecule has 0 spiro atoms. The second kappa shape index (κ2) is 10.8. The molecule has 206 valence electrons. The number of ether oxygens (including phenoxy) is 1. The summed E-state index contributed by atoms with van der Waals surface area (Å²) in [6.45, 7) is 0.210. The molecule has 0 radical (unpaired) electrons. The molecule has 4 heterocycles. The number of aromatic nitrogens is 8. The molecule has 6 rings (SSSR count). The van der Waals surface area contributed by atoms with E-state index in [0.29, 0.717) is 35.9 Å². The van der Waals surface area contributed by atoms with Gasteiger partial charge in [0.2, 0.25) is 11.8 Å². The summed E-state index contributed by atoms with van der Waals surface area (Å²) in [6.07, 6.45) is 1.99. The third-order valence-electron chi connectivity index (χ3n) is 7.36. The SMILES string of the molecule is Cn1nnc([C@H]2O[C@@H](n3cnc4c(NC5CCCC5)nc(N(CO)CCc5ccccc5)nc43)[C@H](O)[C@@H]2O)n1. The summed E-state index contributed by atoms with van der Waals surface area (Å²) < 4.78 is 7.62. The number of benzene rings is 1. The van der Waals surface area contributed by atoms with Crippen LogP contribution in [0.3, 0.4) is 0 Å². The molecule has 1 aliphatic heterocycles. The quantitative estimate of drug-likeness (QED) is 0.221. The van der Waals surface area contributed by atoms with Gasteiger partial charge < -0.3 is 30.3 Å². The number of hydrogen-bond acceptors (Lipinski definition) is 12. The number of imidazole rings is 1. The zero-order valence-corrected chi connectivity index (χ0v) is 21.6. The Kier molecular flexibility index (Phi) is 7.08. The van der Waals surface area contributed by atoms with Crippen molar-refractivity contribution in [1.29, 1.82) is 0 Å². The van der Waals surface area contributed by atoms with Crippen molar-refractivity contribution in [3.05, 3.63) is 48.0 Å². The molecular formula is C25H32N10O4. The molecule has 4 atom stereocenters. The van der Waals surface area contributed by atoms with Crippen LogP contribution in [0.4, 0.5) is 11.8 Å². The largest absolute Gasteiger partial charge is 0.387 e. The van der Waals surface area contributed by atoms with Gasteiger partial charge in [-0.05, 0) is 30.0 Å². The summed E-state index contributed by atoms with van der Waals surface area (Å²) in [7, 11) is 1.61. The molecule has 0 unspecified atom stereocenters. The van der Waals surface area contributed by atoms with Crippen molar-refractivity contribution in [2.45, 2.75) is 62.7 Å². The van der Waals surface area contributed by atoms with Gasteiger partial charge in [-0.25, -0.2) is 4.98 Å². The lowest BCUT2D eigenvalue weighted by atomic mass is 10.1. The first-order valence-electron chi connectivity index (χ1n) is 13.2. The minimum atomic E-state index is -1.30. The van der Waals surface area contributed by atoms with E-state index in [1.54, 1.807) is 16.5 Å². The molecule has 39 heavy (non-hydrogen) atoms. The smallest absolute Gasteiger partial charge is 0.231 e. The Balaban J connectivity index is 1.35. The van der Waals surface area contributed by atoms with Crippen LogP contribution in [0, 0.1) is 0 Å². The Morgan fingerprint density at radius 2 is 1.90 bits per heavy atom. The Morgan fingerprint density at radius 1 is 1.10 bits per heavy atom. The summed E-state index contributed by atoms with van der Waals surface area (Å²) in [6, 6.07) is 10.3. The van der Waals surface area contributed by atoms with Crippen molar-refractivity contribution in [3.63, 3.8) is 0 Å². The topological polar surface area (TPSA) is 172 Å². The third kappa shape index (κ3) is 5.03. The van der Waals surface area contributed by atoms with Crippen molar-refractivity contribution in [2.24, 2.45) is 7.05 Å². The predicted molar refractivity (Wildman–Crippen MR) is 139 cm³/mol. The molecule has 14 nitrogen and oxygen atoms in total. The van der Waals surface area contributed by atoms with Crippen LogP contribution >= 0.6 is 0 Å². The maximum absolute atomic E-state index is 10.9. The Hall–Kier alpha value is -3.72. The van der Waals surface area contributed by atoms with Crippen LogP contribution < -0.4 is 10.2 Å². The number of anilines is 2. The minimum Gasteiger partial charge on any atom is -0.387 e. The molecular weight excluding hydrogens is 504 g/mol. The van der Waals surface area contributed by atoms with Crippen LogP contribution in [0.5, 0.6) is 0 Å². The highest BCUT2D eigenvalue weighted by Crippen LogP contribution is 2.39. The molecule has 1 saturated carbocycles. The number of aliphatic hydroxyl groups is 3. The van der Waals surface area contributed by atoms with E-state index in [1.807, 2.05) is 30.3 Å². The van der Waals surface area contributed by atoms with Gasteiger partial charge >= 0.3 is 0 Å². The summed E-state index contributed by atoms with van der Waals surface area (Å²) in [4.78, 5) is 17.0. The van der Waals surface area contributed by atoms with Gasteiger partial charge in [-0.3, -0.25) is 4.57 Å². The predicted octanol–water partition coefficient (Wildman–Crippen LogP) is 0.695. The van der Waals surface area contributed by atoms with Gasteiger partial charge in [-0.2, -0.15) is 14.8 Å². The van der Waals surface area contributed by atoms with E-state index < -0.39 is 24.5 Å². The van der Waals surface area contributed by atoms with Crippen molar-refractivity contribution < 1.29 is 20.1 Å². The number of nitrogens with zero attached hydrogens (tertiary/aromatic N) is 9. The van der Waals surface area contributed by atoms with Crippen LogP contribution in [0.15, 0.2) is 36.7 Å². The number of nitrogens with one attached hydrogen (secondary N) is 1. The van der Waals surface area contributed by atoms with Crippen LogP contribution in [0.25, 0.3) is 11.2 Å². The fourth-order valence-corrected chi connectivity index (χ4v) is 5.25. The first-order valence-corrected chi connectivity index (χ1v) is 13.2. The third-order valence-corrected chi connectivity index (χ3v) is 7.36. The van der Waals surface area contributed by atoms with Crippen LogP contribution in [-0.2, 0) is 18.2 Å². The monoisotopic (exact) mass is 536 g/mol. The molecule has 2 fully saturated rings. The van der Waals surface area contributed by atoms with Crippen molar-refractivity contribution in [3.8, 4) is 0 Å². The van der Waals surface area contributed by atoms with Crippen LogP contribution in [0.2, 0.25) is 0 Å². The maximum atomic E-state index is 10.9. The van der Waals surface area contributed by atoms with Crippen molar-refractivity contribution in [1.82, 2.24) is 39.7 Å². The highest BCUT2D eigenvalue weighted by atomic mass is 16.6. The molecule has 4 aromatic rings. The van der Waals surface area contributed by atoms with E-state index >= 15 is 0 Å². The Labute approximate surface area is 224 Å². The zero-order valence-electron chi connectivity index (χ0n) is 21.6. The molecule has 0 amide bonds. The normalized spacial score (nSPS) is 23.6. The van der Waals surface area contributed by atoms with Gasteiger partial charge in [0.05, 0.1) is 13.4 Å². The molecule has 1 aromatic carbocycles. The number of aryl methyl sites for hydroxylation is 1. The molecule has 3 aromatic heterocycles. The Morgan fingerprint density at radius 3 is 2.62 bits per heavy atom. The van der Waals surface area contributed by atoms with Crippen LogP contribution in [-0.4, -0.2) is 86.6 Å². The van der Waals surface area contributed by atoms with Gasteiger partial charge in [0.25, 0.3) is 0 Å². The van der Waals surface area contributed by atoms with E-state index in [1.165, 1.54) is 11.1 Å². The van der Waals surface area contributed by atoms with E-state index in [4.69, 9.17) is 14.7 Å². The fourth-order valence-electron chi connectivity index (χ4n) is 5.25. The standard InChI is InChI=1S/C25H32N10O4/c1-33-31-22(30-32-33)20-18(37)19(38)24(39-20)35-13-26-17-21(27-16-9-5-6-10-16)28-25(29-23(17)35)34(14-36)12-11-15-7-3-2-4-8-15/h2-4,7-8,13,16,18-20,24,36-38H,5-6,9-12,14H2,1H3,(H,27,28,29)/t18-,19+,20-,24+/m0/s1. The van der Waals surface area contributed by atoms with Gasteiger partial charge in [0, 0.05) is 12.6 Å². The van der Waals surface area contributed by atoms with Gasteiger partial charge in [-0.1, -0.05) is 43.2 Å². The minimum absolute atomic E-state index is 0.169. The van der Waals surface area contributed by atoms with Gasteiger partial charge in [0.15, 0.2) is 29.3 Å². The van der Waals surface area contributed by atoms with Gasteiger partial charge in [0.1, 0.15) is 18.9 Å². The summed E-state index contributed by atoms with van der Waals surface area (Å²) in [5, 5.41) is 47.3. The molecule has 1 saturated heterocycles. The fraction of sp³-hybridized carbons (Fsp3) is 0.520. The number of aliphatic hydroxyl groups excluding tert-OH is 3. The Bertz CT molecular complexity index is 1410. The molecule has 2 aliphatic rings. The second-order valence-electron chi connectivity index (χ2n) is 10.0. The highest BCUT2D eigenvalue weighted by Gasteiger charge is 2.47. The van der Waals surface area contributed by atoms with Gasteiger partial charge in [-0.15, -0.1) is 10.2 Å². The molecule has 1 aliphatic carbocycles. The number of rotatable bonds is 9. The average Bonchev–Trinajstić information content (AvgIpc) is 3.75. The van der Waals surface area contributed by atoms with E-state index in [-0.39, 0.29) is 18.6 Å². The first kappa shape index (κ1) is 25.6. The highest BCUT2D eigenvalue weighted by molar-refractivity contribution is 5.84. The molecule has 4 N–H and O–H groups in total. The molecule has 0 bridgehead atoms. The second-order valence-corrected chi connectivity index (χ2v) is 10.0. The zero-order chi connectivity index (χ0) is 26.9. The summed E-state index contributed by atoms with van der Waals surface area (Å²) in [5.41, 5.74) is 2.05. The van der Waals surface area contributed by atoms with Crippen molar-refractivity contribution in [2.75, 3.05) is 23.5 Å². The number of fused-ring (bicyclic) bond motifs is 1. The van der Waals surface area contributed by atoms with E-state index in [0.717, 1.165) is 31.2 Å². The van der Waals surface area contributed by atoms with E-state index in [2.05, 4.69) is 25.7 Å². The number of tetrazole rings is 1. The summed E-state index contributed by atoms with van der Waals surface area (Å²) >= 11 is 0. The molecule has 14 heteroatoms.